The molecule has 1 heterocycles. The lowest BCUT2D eigenvalue weighted by Gasteiger charge is -2.39. The van der Waals surface area contributed by atoms with Gasteiger partial charge in [0.1, 0.15) is 17.4 Å². The Morgan fingerprint density at radius 2 is 1.51 bits per heavy atom. The maximum absolute atomic E-state index is 13.1. The van der Waals surface area contributed by atoms with Crippen molar-refractivity contribution in [3.8, 4) is 11.8 Å². The molecule has 0 aromatic heterocycles. The third-order valence-electron chi connectivity index (χ3n) is 6.28. The number of carbonyl (C=O) groups excluding carboxylic acids is 1. The highest BCUT2D eigenvalue weighted by Gasteiger charge is 2.29. The second kappa shape index (κ2) is 11.9. The molecule has 35 heavy (non-hydrogen) atoms. The minimum atomic E-state index is -0.240. The van der Waals surface area contributed by atoms with E-state index in [2.05, 4.69) is 64.8 Å². The van der Waals surface area contributed by atoms with E-state index >= 15 is 0 Å². The molecule has 3 aromatic carbocycles. The Morgan fingerprint density at radius 3 is 2.09 bits per heavy atom. The normalized spacial score (nSPS) is 14.4. The van der Waals surface area contributed by atoms with E-state index in [0.717, 1.165) is 24.4 Å². The van der Waals surface area contributed by atoms with E-state index in [9.17, 15) is 10.1 Å². The number of ether oxygens (including phenoxy) is 1. The van der Waals surface area contributed by atoms with Crippen molar-refractivity contribution in [2.75, 3.05) is 33.3 Å². The number of methoxy groups -OCH3 is 1. The molecule has 1 amide bonds. The molecule has 1 saturated heterocycles. The van der Waals surface area contributed by atoms with Gasteiger partial charge in [0.2, 0.25) is 0 Å². The number of amides is 1. The van der Waals surface area contributed by atoms with Crippen LogP contribution in [0.3, 0.4) is 0 Å². The molecule has 3 aromatic rings. The summed E-state index contributed by atoms with van der Waals surface area (Å²) < 4.78 is 5.36. The highest BCUT2D eigenvalue weighted by Crippen LogP contribution is 2.29. The summed E-state index contributed by atoms with van der Waals surface area (Å²) in [5.41, 5.74) is 3.53. The summed E-state index contributed by atoms with van der Waals surface area (Å²) in [5, 5.41) is 12.7. The van der Waals surface area contributed by atoms with E-state index in [0.29, 0.717) is 19.6 Å². The molecule has 1 aliphatic heterocycles. The van der Waals surface area contributed by atoms with E-state index in [4.69, 9.17) is 4.74 Å². The number of nitriles is 1. The van der Waals surface area contributed by atoms with Crippen molar-refractivity contribution in [2.24, 2.45) is 0 Å². The van der Waals surface area contributed by atoms with Gasteiger partial charge in [0.05, 0.1) is 13.2 Å². The Hall–Kier alpha value is -4.08. The van der Waals surface area contributed by atoms with Gasteiger partial charge in [0, 0.05) is 44.5 Å². The second-order valence-electron chi connectivity index (χ2n) is 8.41. The van der Waals surface area contributed by atoms with Gasteiger partial charge in [-0.1, -0.05) is 78.9 Å². The Bertz CT molecular complexity index is 1140. The van der Waals surface area contributed by atoms with Crippen molar-refractivity contribution >= 4 is 5.91 Å². The number of hydrogen-bond acceptors (Lipinski definition) is 5. The molecule has 1 aliphatic rings. The third-order valence-corrected chi connectivity index (χ3v) is 6.28. The van der Waals surface area contributed by atoms with E-state index in [1.54, 1.807) is 12.0 Å². The lowest BCUT2D eigenvalue weighted by molar-refractivity contribution is -0.128. The minimum absolute atomic E-state index is 0.107. The number of nitrogens with zero attached hydrogens (tertiary/aromatic N) is 3. The minimum Gasteiger partial charge on any atom is -0.496 e. The van der Waals surface area contributed by atoms with Crippen LogP contribution in [0.5, 0.6) is 5.75 Å². The predicted octanol–water partition coefficient (Wildman–Crippen LogP) is 4.13. The molecule has 1 N–H and O–H groups in total. The number of para-hydroxylation sites is 1. The van der Waals surface area contributed by atoms with Gasteiger partial charge in [-0.3, -0.25) is 9.69 Å². The Balaban J connectivity index is 1.40. The summed E-state index contributed by atoms with van der Waals surface area (Å²) in [5.74, 6) is 0.524. The average molecular weight is 467 g/mol. The first-order valence-corrected chi connectivity index (χ1v) is 11.8. The Kier molecular flexibility index (Phi) is 8.16. The molecule has 4 rings (SSSR count). The molecule has 178 valence electrons. The van der Waals surface area contributed by atoms with Crippen LogP contribution < -0.4 is 10.1 Å². The van der Waals surface area contributed by atoms with Crippen molar-refractivity contribution < 1.29 is 9.53 Å². The standard InChI is InChI=1S/C29H30N4O2/c1-35-27-15-9-8-14-25(27)21-31-22-26(20-30)29(34)33-18-16-32(17-19-33)28(23-10-4-2-5-11-23)24-12-6-3-7-13-24/h2-15,22,28,31H,16-19,21H2,1H3/b26-22-. The average Bonchev–Trinajstić information content (AvgIpc) is 2.93. The number of carbonyl (C=O) groups is 1. The molecule has 0 unspecified atom stereocenters. The molecule has 1 fully saturated rings. The Labute approximate surface area is 207 Å². The molecule has 6 nitrogen and oxygen atoms in total. The predicted molar refractivity (Wildman–Crippen MR) is 136 cm³/mol. The monoisotopic (exact) mass is 466 g/mol. The van der Waals surface area contributed by atoms with Crippen LogP contribution in [-0.2, 0) is 11.3 Å². The fourth-order valence-corrected chi connectivity index (χ4v) is 4.49. The fraction of sp³-hybridized carbons (Fsp3) is 0.241. The van der Waals surface area contributed by atoms with Gasteiger partial charge in [0.15, 0.2) is 0 Å². The summed E-state index contributed by atoms with van der Waals surface area (Å²) in [7, 11) is 1.62. The van der Waals surface area contributed by atoms with Gasteiger partial charge in [-0.15, -0.1) is 0 Å². The first kappa shape index (κ1) is 24.1. The zero-order chi connectivity index (χ0) is 24.5. The van der Waals surface area contributed by atoms with Crippen LogP contribution >= 0.6 is 0 Å². The number of piperazine rings is 1. The van der Waals surface area contributed by atoms with Gasteiger partial charge in [0.25, 0.3) is 5.91 Å². The summed E-state index contributed by atoms with van der Waals surface area (Å²) in [6.07, 6.45) is 1.51. The zero-order valence-electron chi connectivity index (χ0n) is 19.9. The Morgan fingerprint density at radius 1 is 0.943 bits per heavy atom. The molecule has 0 radical (unpaired) electrons. The van der Waals surface area contributed by atoms with Crippen LogP contribution in [0, 0.1) is 11.3 Å². The molecule has 0 aliphatic carbocycles. The van der Waals surface area contributed by atoms with Gasteiger partial charge in [-0.05, 0) is 17.2 Å². The molecular weight excluding hydrogens is 436 g/mol. The molecular formula is C29H30N4O2. The summed E-state index contributed by atoms with van der Waals surface area (Å²) in [6.45, 7) is 3.06. The van der Waals surface area contributed by atoms with E-state index in [-0.39, 0.29) is 17.5 Å². The zero-order valence-corrected chi connectivity index (χ0v) is 19.9. The van der Waals surface area contributed by atoms with Crippen LogP contribution in [0.1, 0.15) is 22.7 Å². The van der Waals surface area contributed by atoms with Gasteiger partial charge < -0.3 is 15.0 Å². The fourth-order valence-electron chi connectivity index (χ4n) is 4.49. The maximum atomic E-state index is 13.1. The summed E-state index contributed by atoms with van der Waals surface area (Å²) in [4.78, 5) is 17.2. The van der Waals surface area contributed by atoms with Crippen molar-refractivity contribution in [3.05, 3.63) is 113 Å². The van der Waals surface area contributed by atoms with Crippen LogP contribution in [0.25, 0.3) is 0 Å². The van der Waals surface area contributed by atoms with Gasteiger partial charge >= 0.3 is 0 Å². The van der Waals surface area contributed by atoms with E-state index in [1.807, 2.05) is 36.4 Å². The van der Waals surface area contributed by atoms with Crippen LogP contribution in [-0.4, -0.2) is 49.0 Å². The first-order chi connectivity index (χ1) is 17.2. The molecule has 0 atom stereocenters. The first-order valence-electron chi connectivity index (χ1n) is 11.8. The lowest BCUT2D eigenvalue weighted by atomic mass is 9.96. The number of nitrogens with one attached hydrogen (secondary N) is 1. The van der Waals surface area contributed by atoms with Crippen molar-refractivity contribution in [1.82, 2.24) is 15.1 Å². The van der Waals surface area contributed by atoms with Crippen molar-refractivity contribution in [3.63, 3.8) is 0 Å². The maximum Gasteiger partial charge on any atom is 0.266 e. The molecule has 6 heteroatoms. The van der Waals surface area contributed by atoms with E-state index < -0.39 is 0 Å². The van der Waals surface area contributed by atoms with Gasteiger partial charge in [-0.2, -0.15) is 5.26 Å². The van der Waals surface area contributed by atoms with Gasteiger partial charge in [-0.25, -0.2) is 0 Å². The van der Waals surface area contributed by atoms with Crippen LogP contribution in [0.2, 0.25) is 0 Å². The lowest BCUT2D eigenvalue weighted by Crippen LogP contribution is -2.50. The van der Waals surface area contributed by atoms with Crippen molar-refractivity contribution in [1.29, 1.82) is 5.26 Å². The highest BCUT2D eigenvalue weighted by atomic mass is 16.5. The SMILES string of the molecule is COc1ccccc1CN/C=C(/C#N)C(=O)N1CCN(C(c2ccccc2)c2ccccc2)CC1. The van der Waals surface area contributed by atoms with Crippen LogP contribution in [0.15, 0.2) is 96.7 Å². The van der Waals surface area contributed by atoms with Crippen LogP contribution in [0.4, 0.5) is 0 Å². The third kappa shape index (κ3) is 5.89. The topological polar surface area (TPSA) is 68.6 Å². The quantitative estimate of drug-likeness (QED) is 0.399. The largest absolute Gasteiger partial charge is 0.496 e. The number of benzene rings is 3. The molecule has 0 bridgehead atoms. The molecule has 0 saturated carbocycles. The smallest absolute Gasteiger partial charge is 0.266 e. The highest BCUT2D eigenvalue weighted by molar-refractivity contribution is 5.97. The van der Waals surface area contributed by atoms with Crippen molar-refractivity contribution in [2.45, 2.75) is 12.6 Å². The number of hydrogen-bond donors (Lipinski definition) is 1. The second-order valence-corrected chi connectivity index (χ2v) is 8.41. The number of rotatable bonds is 8. The summed E-state index contributed by atoms with van der Waals surface area (Å²) in [6, 6.07) is 30.8. The molecule has 0 spiro atoms. The summed E-state index contributed by atoms with van der Waals surface area (Å²) >= 11 is 0. The van der Waals surface area contributed by atoms with E-state index in [1.165, 1.54) is 17.3 Å².